The zero-order valence-electron chi connectivity index (χ0n) is 26.2. The minimum Gasteiger partial charge on any atom is -0.504 e. The van der Waals surface area contributed by atoms with Crippen LogP contribution in [0.2, 0.25) is 6.32 Å². The van der Waals surface area contributed by atoms with E-state index in [4.69, 9.17) is 9.39 Å². The second kappa shape index (κ2) is 14.0. The normalized spacial score (nSPS) is 25.9. The molecule has 2 saturated heterocycles. The fourth-order valence-corrected chi connectivity index (χ4v) is 8.92. The summed E-state index contributed by atoms with van der Waals surface area (Å²) in [7, 11) is 0.566. The third kappa shape index (κ3) is 6.50. The van der Waals surface area contributed by atoms with E-state index in [-0.39, 0.29) is 41.5 Å². The van der Waals surface area contributed by atoms with E-state index in [0.29, 0.717) is 34.9 Å². The van der Waals surface area contributed by atoms with Gasteiger partial charge in [-0.2, -0.15) is 0 Å². The SMILES string of the molecule is CCCC1=C2[C@@H](CC/C(=C/c3cc(I)c(O)c(OC)c3)c3ccccc3)OB(O)C[C@@H]2[C@@H]2C(=O)N(C3CCCCC3)C(=O)[C@@H]2C1. The highest BCUT2D eigenvalue weighted by Crippen LogP contribution is 2.52. The number of phenolic OH excluding ortho intramolecular Hbond substituents is 1. The van der Waals surface area contributed by atoms with Crippen LogP contribution in [-0.2, 0) is 14.2 Å². The summed E-state index contributed by atoms with van der Waals surface area (Å²) in [5.74, 6) is -0.388. The Morgan fingerprint density at radius 2 is 1.87 bits per heavy atom. The summed E-state index contributed by atoms with van der Waals surface area (Å²) in [4.78, 5) is 29.5. The number of ether oxygens (including phenoxy) is 1. The van der Waals surface area contributed by atoms with Crippen molar-refractivity contribution in [2.45, 2.75) is 89.6 Å². The summed E-state index contributed by atoms with van der Waals surface area (Å²) >= 11 is 2.11. The van der Waals surface area contributed by atoms with Crippen LogP contribution in [0.4, 0.5) is 0 Å². The highest BCUT2D eigenvalue weighted by atomic mass is 127. The predicted octanol–water partition coefficient (Wildman–Crippen LogP) is 7.26. The average Bonchev–Trinajstić information content (AvgIpc) is 3.30. The first-order valence-corrected chi connectivity index (χ1v) is 17.6. The zero-order valence-corrected chi connectivity index (χ0v) is 28.4. The van der Waals surface area contributed by atoms with E-state index in [1.165, 1.54) is 12.0 Å². The number of hydrogen-bond acceptors (Lipinski definition) is 6. The fourth-order valence-electron chi connectivity index (χ4n) is 8.30. The Balaban J connectivity index is 1.32. The largest absolute Gasteiger partial charge is 0.504 e. The second-order valence-electron chi connectivity index (χ2n) is 13.0. The lowest BCUT2D eigenvalue weighted by molar-refractivity contribution is -0.143. The molecule has 4 aliphatic rings. The molecule has 6 rings (SSSR count). The van der Waals surface area contributed by atoms with Crippen molar-refractivity contribution in [3.63, 3.8) is 0 Å². The zero-order chi connectivity index (χ0) is 31.7. The van der Waals surface area contributed by atoms with Gasteiger partial charge >= 0.3 is 7.12 Å². The number of likely N-dealkylation sites (tertiary alicyclic amines) is 1. The molecule has 238 valence electrons. The van der Waals surface area contributed by atoms with Gasteiger partial charge in [0, 0.05) is 6.04 Å². The monoisotopic (exact) mass is 723 g/mol. The first-order valence-electron chi connectivity index (χ1n) is 16.5. The Hall–Kier alpha value is -2.63. The molecular formula is C36H43BINO6. The van der Waals surface area contributed by atoms with Crippen LogP contribution in [-0.4, -0.2) is 53.2 Å². The molecule has 0 unspecified atom stereocenters. The number of nitrogens with zero attached hydrogens (tertiary/aromatic N) is 1. The van der Waals surface area contributed by atoms with Crippen LogP contribution in [0.1, 0.15) is 82.3 Å². The van der Waals surface area contributed by atoms with E-state index in [1.807, 2.05) is 30.3 Å². The first-order chi connectivity index (χ1) is 21.8. The number of carbonyl (C=O) groups is 2. The lowest BCUT2D eigenvalue weighted by atomic mass is 9.58. The summed E-state index contributed by atoms with van der Waals surface area (Å²) in [6.07, 6.45) is 11.0. The summed E-state index contributed by atoms with van der Waals surface area (Å²) in [5.41, 5.74) is 5.50. The van der Waals surface area contributed by atoms with Gasteiger partial charge in [0.25, 0.3) is 0 Å². The van der Waals surface area contributed by atoms with Gasteiger partial charge in [0.05, 0.1) is 28.6 Å². The molecule has 1 saturated carbocycles. The predicted molar refractivity (Wildman–Crippen MR) is 184 cm³/mol. The van der Waals surface area contributed by atoms with Crippen molar-refractivity contribution in [2.75, 3.05) is 7.11 Å². The van der Waals surface area contributed by atoms with Crippen LogP contribution in [0.3, 0.4) is 0 Å². The topological polar surface area (TPSA) is 96.3 Å². The molecule has 0 radical (unpaired) electrons. The maximum atomic E-state index is 14.1. The van der Waals surface area contributed by atoms with Gasteiger partial charge < -0.3 is 19.5 Å². The number of allylic oxidation sites excluding steroid dienone is 2. The summed E-state index contributed by atoms with van der Waals surface area (Å²) < 4.78 is 12.4. The third-order valence-electron chi connectivity index (χ3n) is 10.3. The molecule has 0 aromatic heterocycles. The molecule has 3 fully saturated rings. The van der Waals surface area contributed by atoms with Crippen LogP contribution < -0.4 is 4.74 Å². The van der Waals surface area contributed by atoms with E-state index in [1.54, 1.807) is 12.0 Å². The molecule has 2 aliphatic heterocycles. The first kappa shape index (κ1) is 32.3. The molecule has 0 bridgehead atoms. The maximum absolute atomic E-state index is 14.1. The highest BCUT2D eigenvalue weighted by Gasteiger charge is 2.58. The highest BCUT2D eigenvalue weighted by molar-refractivity contribution is 14.1. The molecular weight excluding hydrogens is 680 g/mol. The number of rotatable bonds is 9. The molecule has 2 aromatic rings. The van der Waals surface area contributed by atoms with Crippen molar-refractivity contribution in [2.24, 2.45) is 17.8 Å². The van der Waals surface area contributed by atoms with Gasteiger partial charge in [-0.05, 0) is 108 Å². The van der Waals surface area contributed by atoms with Gasteiger partial charge in [-0.1, -0.05) is 74.6 Å². The van der Waals surface area contributed by atoms with E-state index in [2.05, 4.69) is 47.7 Å². The number of hydrogen-bond donors (Lipinski definition) is 2. The quantitative estimate of drug-likeness (QED) is 0.0931. The summed E-state index contributed by atoms with van der Waals surface area (Å²) in [6, 6.07) is 14.0. The Morgan fingerprint density at radius 1 is 1.11 bits per heavy atom. The van der Waals surface area contributed by atoms with Crippen LogP contribution in [0.15, 0.2) is 53.6 Å². The number of imide groups is 1. The van der Waals surface area contributed by atoms with Crippen LogP contribution in [0, 0.1) is 21.3 Å². The van der Waals surface area contributed by atoms with Crippen molar-refractivity contribution < 1.29 is 29.1 Å². The molecule has 0 spiro atoms. The number of benzene rings is 2. The molecule has 2 aliphatic carbocycles. The molecule has 7 nitrogen and oxygen atoms in total. The molecule has 2 aromatic carbocycles. The number of aromatic hydroxyl groups is 1. The minimum absolute atomic E-state index is 0.00957. The van der Waals surface area contributed by atoms with E-state index < -0.39 is 13.0 Å². The van der Waals surface area contributed by atoms with Crippen molar-refractivity contribution in [3.05, 3.63) is 68.3 Å². The van der Waals surface area contributed by atoms with Crippen molar-refractivity contribution in [1.82, 2.24) is 4.90 Å². The van der Waals surface area contributed by atoms with Crippen LogP contribution in [0.5, 0.6) is 11.5 Å². The number of carbonyl (C=O) groups excluding carboxylic acids is 2. The van der Waals surface area contributed by atoms with Crippen molar-refractivity contribution >= 4 is 53.2 Å². The van der Waals surface area contributed by atoms with E-state index in [9.17, 15) is 19.7 Å². The Kier molecular flexibility index (Phi) is 10.1. The number of amides is 2. The van der Waals surface area contributed by atoms with Gasteiger partial charge in [-0.15, -0.1) is 0 Å². The van der Waals surface area contributed by atoms with Gasteiger partial charge in [0.1, 0.15) is 0 Å². The van der Waals surface area contributed by atoms with E-state index >= 15 is 0 Å². The smallest absolute Gasteiger partial charge is 0.455 e. The average molecular weight is 723 g/mol. The molecule has 2 amide bonds. The molecule has 45 heavy (non-hydrogen) atoms. The lowest BCUT2D eigenvalue weighted by Crippen LogP contribution is -2.46. The Morgan fingerprint density at radius 3 is 2.58 bits per heavy atom. The summed E-state index contributed by atoms with van der Waals surface area (Å²) in [6.45, 7) is 2.15. The van der Waals surface area contributed by atoms with Crippen LogP contribution in [0.25, 0.3) is 11.6 Å². The van der Waals surface area contributed by atoms with Gasteiger partial charge in [0.2, 0.25) is 11.8 Å². The Bertz CT molecular complexity index is 1490. The summed E-state index contributed by atoms with van der Waals surface area (Å²) in [5, 5.41) is 21.4. The standard InChI is InChI=1S/C36H43BINO6/c1-3-10-25-20-27-33(36(42)39(35(27)41)26-13-8-5-9-14-26)28-21-37(43)45-30(32(25)28)16-15-24(23-11-6-4-7-12-23)17-22-18-29(38)34(40)31(19-22)44-2/h4,6-7,11-12,17-19,26-28,30,33,40,43H,3,5,8-10,13-16,20-21H2,1-2H3/b24-17-/t27-,28+,30-,33-/m1/s1. The Labute approximate surface area is 280 Å². The number of methoxy groups -OCH3 is 1. The van der Waals surface area contributed by atoms with Gasteiger partial charge in [0.15, 0.2) is 11.5 Å². The molecule has 9 heteroatoms. The van der Waals surface area contributed by atoms with Crippen molar-refractivity contribution in [1.29, 1.82) is 0 Å². The number of fused-ring (bicyclic) bond motifs is 3. The second-order valence-corrected chi connectivity index (χ2v) is 14.2. The maximum Gasteiger partial charge on any atom is 0.455 e. The fraction of sp³-hybridized carbons (Fsp3) is 0.500. The molecule has 2 heterocycles. The lowest BCUT2D eigenvalue weighted by Gasteiger charge is -2.43. The van der Waals surface area contributed by atoms with Gasteiger partial charge in [-0.3, -0.25) is 14.5 Å². The van der Waals surface area contributed by atoms with Gasteiger partial charge in [-0.25, -0.2) is 0 Å². The van der Waals surface area contributed by atoms with E-state index in [0.717, 1.165) is 60.8 Å². The number of phenols is 1. The number of halogens is 1. The van der Waals surface area contributed by atoms with Crippen molar-refractivity contribution in [3.8, 4) is 11.5 Å². The minimum atomic E-state index is -0.982. The molecule has 2 N–H and O–H groups in total. The van der Waals surface area contributed by atoms with Crippen LogP contribution >= 0.6 is 22.6 Å². The third-order valence-corrected chi connectivity index (χ3v) is 11.1. The molecule has 4 atom stereocenters.